The Morgan fingerprint density at radius 2 is 1.49 bits per heavy atom. The standard InChI is InChI=1S/C37H60N6O6/c1-36(2,3)49-35(48)38-28-20-14-6-4-5-13-19-26-22-37(26,34(46)47)39-32(44)29-21-27(23-42(29)33(28)45)43-40-30(24-15-9-7-10-16-24)31(41-43)25-17-11-8-12-18-25/h13,19,24-31,40-41H,4-12,14-18,20-23H2,1-3H3,(H,38,48)(H,39,44)(H,46,47)/b19-13-/t26-,27+,28-,29+,30?,31?,37+/m1/s1. The Morgan fingerprint density at radius 1 is 0.898 bits per heavy atom. The number of hydrogen-bond donors (Lipinski definition) is 5. The second kappa shape index (κ2) is 15.3. The monoisotopic (exact) mass is 684 g/mol. The van der Waals surface area contributed by atoms with Gasteiger partial charge in [-0.15, -0.1) is 0 Å². The van der Waals surface area contributed by atoms with Crippen LogP contribution >= 0.6 is 0 Å². The third-order valence-corrected chi connectivity index (χ3v) is 12.0. The molecule has 6 aliphatic rings. The number of aliphatic carboxylic acids is 1. The number of rotatable bonds is 5. The van der Waals surface area contributed by atoms with Crippen LogP contribution in [0.4, 0.5) is 4.79 Å². The lowest BCUT2D eigenvalue weighted by atomic mass is 9.75. The number of hydrazine groups is 2. The maximum absolute atomic E-state index is 14.5. The van der Waals surface area contributed by atoms with Gasteiger partial charge < -0.3 is 25.4 Å². The predicted octanol–water partition coefficient (Wildman–Crippen LogP) is 4.55. The molecule has 0 spiro atoms. The Balaban J connectivity index is 1.26. The van der Waals surface area contributed by atoms with E-state index in [2.05, 4.69) is 26.6 Å². The van der Waals surface area contributed by atoms with Crippen LogP contribution in [0.25, 0.3) is 0 Å². The Kier molecular flexibility index (Phi) is 11.3. The van der Waals surface area contributed by atoms with Crippen molar-refractivity contribution in [3.05, 3.63) is 12.2 Å². The number of allylic oxidation sites excluding steroid dienone is 1. The average Bonchev–Trinajstić information content (AvgIpc) is 3.38. The summed E-state index contributed by atoms with van der Waals surface area (Å²) in [6.07, 6.45) is 20.0. The number of nitrogens with one attached hydrogen (secondary N) is 4. The van der Waals surface area contributed by atoms with E-state index in [0.717, 1.165) is 25.7 Å². The second-order valence-corrected chi connectivity index (χ2v) is 16.7. The van der Waals surface area contributed by atoms with Crippen LogP contribution in [0.15, 0.2) is 12.2 Å². The van der Waals surface area contributed by atoms with Crippen molar-refractivity contribution in [2.24, 2.45) is 17.8 Å². The molecule has 3 aliphatic heterocycles. The van der Waals surface area contributed by atoms with Crippen molar-refractivity contribution < 1.29 is 29.0 Å². The molecule has 3 amide bonds. The normalized spacial score (nSPS) is 36.5. The van der Waals surface area contributed by atoms with Gasteiger partial charge in [0.25, 0.3) is 0 Å². The molecule has 6 rings (SSSR count). The van der Waals surface area contributed by atoms with Crippen molar-refractivity contribution in [3.8, 4) is 0 Å². The predicted molar refractivity (Wildman–Crippen MR) is 185 cm³/mol. The van der Waals surface area contributed by atoms with Crippen LogP contribution in [-0.2, 0) is 19.1 Å². The topological polar surface area (TPSA) is 152 Å². The molecule has 0 aromatic carbocycles. The molecular weight excluding hydrogens is 624 g/mol. The summed E-state index contributed by atoms with van der Waals surface area (Å²) in [5, 5.41) is 18.1. The molecule has 274 valence electrons. The van der Waals surface area contributed by atoms with Crippen molar-refractivity contribution in [2.45, 2.75) is 171 Å². The fourth-order valence-electron chi connectivity index (χ4n) is 9.23. The third kappa shape index (κ3) is 8.44. The Labute approximate surface area is 291 Å². The first-order chi connectivity index (χ1) is 23.4. The van der Waals surface area contributed by atoms with Crippen molar-refractivity contribution in [1.29, 1.82) is 0 Å². The van der Waals surface area contributed by atoms with Gasteiger partial charge in [-0.05, 0) is 90.4 Å². The number of amides is 3. The van der Waals surface area contributed by atoms with Crippen LogP contribution < -0.4 is 21.5 Å². The minimum Gasteiger partial charge on any atom is -0.479 e. The fourth-order valence-corrected chi connectivity index (χ4v) is 9.23. The number of ether oxygens (including phenoxy) is 1. The van der Waals surface area contributed by atoms with Gasteiger partial charge in [-0.2, -0.15) is 5.12 Å². The van der Waals surface area contributed by atoms with Gasteiger partial charge in [-0.3, -0.25) is 9.59 Å². The van der Waals surface area contributed by atoms with E-state index in [1.807, 2.05) is 12.2 Å². The number of alkyl carbamates (subject to hydrolysis) is 1. The average molecular weight is 685 g/mol. The lowest BCUT2D eigenvalue weighted by Gasteiger charge is -2.35. The highest BCUT2D eigenvalue weighted by atomic mass is 16.6. The maximum Gasteiger partial charge on any atom is 0.408 e. The van der Waals surface area contributed by atoms with Crippen LogP contribution in [0.5, 0.6) is 0 Å². The number of carbonyl (C=O) groups is 4. The summed E-state index contributed by atoms with van der Waals surface area (Å²) in [6, 6.07) is -1.37. The third-order valence-electron chi connectivity index (χ3n) is 12.0. The second-order valence-electron chi connectivity index (χ2n) is 16.7. The fraction of sp³-hybridized carbons (Fsp3) is 0.838. The van der Waals surface area contributed by atoms with E-state index in [-0.39, 0.29) is 24.4 Å². The zero-order valence-corrected chi connectivity index (χ0v) is 29.9. The van der Waals surface area contributed by atoms with Crippen LogP contribution in [0.3, 0.4) is 0 Å². The number of carboxylic acids is 1. The van der Waals surface area contributed by atoms with Gasteiger partial charge in [0.2, 0.25) is 11.8 Å². The Bertz CT molecular complexity index is 1220. The van der Waals surface area contributed by atoms with Crippen LogP contribution in [0.1, 0.15) is 130 Å². The van der Waals surface area contributed by atoms with Crippen molar-refractivity contribution in [3.63, 3.8) is 0 Å². The quantitative estimate of drug-likeness (QED) is 0.263. The molecule has 3 saturated carbocycles. The van der Waals surface area contributed by atoms with Gasteiger partial charge in [-0.1, -0.05) is 63.5 Å². The summed E-state index contributed by atoms with van der Waals surface area (Å²) in [5.74, 6) is -0.959. The molecule has 12 nitrogen and oxygen atoms in total. The molecule has 5 fully saturated rings. The molecule has 2 unspecified atom stereocenters. The molecule has 0 radical (unpaired) electrons. The van der Waals surface area contributed by atoms with E-state index in [1.54, 1.807) is 25.7 Å². The van der Waals surface area contributed by atoms with E-state index in [4.69, 9.17) is 4.74 Å². The molecule has 3 aliphatic carbocycles. The first-order valence-corrected chi connectivity index (χ1v) is 19.3. The minimum atomic E-state index is -1.36. The first kappa shape index (κ1) is 36.1. The Hall–Kier alpha value is -2.70. The van der Waals surface area contributed by atoms with Crippen molar-refractivity contribution in [2.75, 3.05) is 6.54 Å². The van der Waals surface area contributed by atoms with Gasteiger partial charge in [0.15, 0.2) is 0 Å². The van der Waals surface area contributed by atoms with Crippen molar-refractivity contribution in [1.82, 2.24) is 31.5 Å². The van der Waals surface area contributed by atoms with E-state index in [1.165, 1.54) is 64.2 Å². The molecule has 0 aromatic heterocycles. The van der Waals surface area contributed by atoms with E-state index < -0.39 is 41.2 Å². The van der Waals surface area contributed by atoms with Crippen LogP contribution in [-0.4, -0.2) is 86.9 Å². The molecule has 0 aromatic rings. The molecule has 49 heavy (non-hydrogen) atoms. The van der Waals surface area contributed by atoms with E-state index in [9.17, 15) is 24.3 Å². The molecule has 12 heteroatoms. The van der Waals surface area contributed by atoms with Gasteiger partial charge >= 0.3 is 12.1 Å². The summed E-state index contributed by atoms with van der Waals surface area (Å²) in [4.78, 5) is 55.8. The van der Waals surface area contributed by atoms with Gasteiger partial charge in [-0.25, -0.2) is 20.4 Å². The van der Waals surface area contributed by atoms with Crippen LogP contribution in [0.2, 0.25) is 0 Å². The summed E-state index contributed by atoms with van der Waals surface area (Å²) in [6.45, 7) is 5.63. The maximum atomic E-state index is 14.5. The number of hydrogen-bond acceptors (Lipinski definition) is 8. The molecular formula is C37H60N6O6. The van der Waals surface area contributed by atoms with E-state index in [0.29, 0.717) is 43.2 Å². The summed E-state index contributed by atoms with van der Waals surface area (Å²) < 4.78 is 5.54. The molecule has 0 bridgehead atoms. The molecule has 2 saturated heterocycles. The van der Waals surface area contributed by atoms with Crippen LogP contribution in [0, 0.1) is 17.8 Å². The lowest BCUT2D eigenvalue weighted by Crippen LogP contribution is -2.56. The van der Waals surface area contributed by atoms with Gasteiger partial charge in [0.05, 0.1) is 6.04 Å². The zero-order chi connectivity index (χ0) is 34.8. The smallest absolute Gasteiger partial charge is 0.408 e. The summed E-state index contributed by atoms with van der Waals surface area (Å²) in [5.41, 5.74) is 5.62. The summed E-state index contributed by atoms with van der Waals surface area (Å²) in [7, 11) is 0. The van der Waals surface area contributed by atoms with Gasteiger partial charge in [0, 0.05) is 24.5 Å². The van der Waals surface area contributed by atoms with Crippen molar-refractivity contribution >= 4 is 23.9 Å². The largest absolute Gasteiger partial charge is 0.479 e. The lowest BCUT2D eigenvalue weighted by molar-refractivity contribution is -0.145. The highest BCUT2D eigenvalue weighted by Crippen LogP contribution is 2.45. The first-order valence-electron chi connectivity index (χ1n) is 19.3. The number of carbonyl (C=O) groups excluding carboxylic acids is 3. The molecule has 3 heterocycles. The number of nitrogens with zero attached hydrogens (tertiary/aromatic N) is 2. The molecule has 5 N–H and O–H groups in total. The van der Waals surface area contributed by atoms with E-state index >= 15 is 0 Å². The van der Waals surface area contributed by atoms with Gasteiger partial charge in [0.1, 0.15) is 23.2 Å². The highest BCUT2D eigenvalue weighted by Gasteiger charge is 2.61. The minimum absolute atomic E-state index is 0.212. The summed E-state index contributed by atoms with van der Waals surface area (Å²) >= 11 is 0. The number of fused-ring (bicyclic) bond motifs is 2. The number of carboxylic acid groups (broad SMARTS) is 1. The SMILES string of the molecule is CC(C)(C)OC(=O)N[C@@H]1CCCCC/C=C\[C@@H]2C[C@]2(C(=O)O)NC(=O)[C@@H]2C[C@H](N3NC(C4CCCCC4)C(C4CCCCC4)N3)CN2C1=O. The zero-order valence-electron chi connectivity index (χ0n) is 29.9. The molecule has 7 atom stereocenters. The Morgan fingerprint density at radius 3 is 2.08 bits per heavy atom. The highest BCUT2D eigenvalue weighted by molar-refractivity contribution is 5.96.